The van der Waals surface area contributed by atoms with Crippen LogP contribution in [0, 0.1) is 0 Å². The molecule has 0 saturated carbocycles. The summed E-state index contributed by atoms with van der Waals surface area (Å²) in [4.78, 5) is 15.9. The number of fused-ring (bicyclic) bond motifs is 2. The van der Waals surface area contributed by atoms with Gasteiger partial charge < -0.3 is 9.47 Å². The van der Waals surface area contributed by atoms with Crippen molar-refractivity contribution in [1.82, 2.24) is 4.57 Å². The minimum Gasteiger partial charge on any atom is -0.346 e. The van der Waals surface area contributed by atoms with E-state index in [0.717, 1.165) is 31.6 Å². The molecule has 0 spiro atoms. The molecule has 4 heteroatoms. The number of carbonyl (C=O) groups is 1. The molecule has 0 unspecified atom stereocenters. The van der Waals surface area contributed by atoms with Gasteiger partial charge in [-0.15, -0.1) is 11.8 Å². The molecule has 0 saturated heterocycles. The Labute approximate surface area is 152 Å². The van der Waals surface area contributed by atoms with Gasteiger partial charge in [0.2, 0.25) is 5.91 Å². The lowest BCUT2D eigenvalue weighted by Crippen LogP contribution is -2.30. The first-order valence-corrected chi connectivity index (χ1v) is 9.85. The average Bonchev–Trinajstić information content (AvgIpc) is 3.22. The van der Waals surface area contributed by atoms with E-state index in [4.69, 9.17) is 0 Å². The number of hydrogen-bond donors (Lipinski definition) is 0. The lowest BCUT2D eigenvalue weighted by molar-refractivity contribution is -0.116. The molecule has 0 bridgehead atoms. The summed E-state index contributed by atoms with van der Waals surface area (Å²) in [5, 5.41) is 1.25. The third-order valence-corrected chi connectivity index (χ3v) is 5.78. The Hall–Kier alpha value is -2.20. The van der Waals surface area contributed by atoms with Crippen LogP contribution >= 0.6 is 11.8 Å². The molecular formula is C21H22N2OS. The van der Waals surface area contributed by atoms with Crippen LogP contribution in [-0.2, 0) is 17.8 Å². The maximum Gasteiger partial charge on any atom is 0.237 e. The highest BCUT2D eigenvalue weighted by molar-refractivity contribution is 8.00. The Kier molecular flexibility index (Phi) is 4.53. The molecule has 0 aliphatic carbocycles. The first kappa shape index (κ1) is 16.3. The minimum absolute atomic E-state index is 0.197. The molecule has 2 heterocycles. The molecule has 0 atom stereocenters. The molecule has 1 aliphatic rings. The van der Waals surface area contributed by atoms with Crippen LogP contribution in [0.5, 0.6) is 0 Å². The fourth-order valence-electron chi connectivity index (χ4n) is 3.57. The number of benzene rings is 2. The summed E-state index contributed by atoms with van der Waals surface area (Å²) in [6.07, 6.45) is 4.26. The van der Waals surface area contributed by atoms with Gasteiger partial charge in [0.15, 0.2) is 0 Å². The van der Waals surface area contributed by atoms with Gasteiger partial charge in [-0.1, -0.05) is 43.3 Å². The number of carbonyl (C=O) groups excluding carboxylic acids is 1. The van der Waals surface area contributed by atoms with Crippen molar-refractivity contribution in [2.75, 3.05) is 17.2 Å². The van der Waals surface area contributed by atoms with E-state index >= 15 is 0 Å². The van der Waals surface area contributed by atoms with Gasteiger partial charge in [-0.25, -0.2) is 0 Å². The van der Waals surface area contributed by atoms with Crippen molar-refractivity contribution < 1.29 is 4.79 Å². The van der Waals surface area contributed by atoms with Crippen molar-refractivity contribution in [2.45, 2.75) is 31.2 Å². The maximum absolute atomic E-state index is 12.7. The van der Waals surface area contributed by atoms with E-state index < -0.39 is 0 Å². The molecule has 0 radical (unpaired) electrons. The third kappa shape index (κ3) is 3.07. The van der Waals surface area contributed by atoms with Crippen LogP contribution < -0.4 is 4.90 Å². The lowest BCUT2D eigenvalue weighted by atomic mass is 10.2. The van der Waals surface area contributed by atoms with Crippen molar-refractivity contribution in [3.8, 4) is 0 Å². The highest BCUT2D eigenvalue weighted by Gasteiger charge is 2.24. The van der Waals surface area contributed by atoms with Crippen molar-refractivity contribution in [1.29, 1.82) is 0 Å². The summed E-state index contributed by atoms with van der Waals surface area (Å²) in [6.45, 7) is 4.00. The maximum atomic E-state index is 12.7. The molecule has 3 nitrogen and oxygen atoms in total. The van der Waals surface area contributed by atoms with E-state index in [-0.39, 0.29) is 5.91 Å². The molecule has 3 aromatic rings. The van der Waals surface area contributed by atoms with Crippen LogP contribution in [0.25, 0.3) is 10.9 Å². The number of aromatic nitrogens is 1. The van der Waals surface area contributed by atoms with Crippen LogP contribution in [0.2, 0.25) is 0 Å². The summed E-state index contributed by atoms with van der Waals surface area (Å²) in [7, 11) is 0. The predicted octanol–water partition coefficient (Wildman–Crippen LogP) is 4.73. The molecule has 1 aromatic heterocycles. The largest absolute Gasteiger partial charge is 0.346 e. The van der Waals surface area contributed by atoms with E-state index in [2.05, 4.69) is 54.1 Å². The number of thioether (sulfide) groups is 1. The van der Waals surface area contributed by atoms with Crippen molar-refractivity contribution in [3.05, 3.63) is 60.3 Å². The summed E-state index contributed by atoms with van der Waals surface area (Å²) >= 11 is 1.65. The number of hydrogen-bond acceptors (Lipinski definition) is 2. The van der Waals surface area contributed by atoms with Crippen LogP contribution in [0.4, 0.5) is 5.69 Å². The van der Waals surface area contributed by atoms with Gasteiger partial charge in [0.05, 0.1) is 5.75 Å². The number of rotatable bonds is 5. The Balaban J connectivity index is 1.52. The Morgan fingerprint density at radius 3 is 2.80 bits per heavy atom. The molecule has 25 heavy (non-hydrogen) atoms. The monoisotopic (exact) mass is 350 g/mol. The standard InChI is InChI=1S/C21H22N2OS/c1-2-12-22-14-20(17-8-4-6-10-19(17)22)25-15-21(24)23-13-11-16-7-3-5-9-18(16)23/h3-10,14H,2,11-13,15H2,1H3. The van der Waals surface area contributed by atoms with Gasteiger partial charge in [-0.3, -0.25) is 4.79 Å². The molecule has 0 fully saturated rings. The first-order chi connectivity index (χ1) is 12.3. The van der Waals surface area contributed by atoms with Gasteiger partial charge in [-0.2, -0.15) is 0 Å². The zero-order valence-corrected chi connectivity index (χ0v) is 15.3. The number of para-hydroxylation sites is 2. The zero-order chi connectivity index (χ0) is 17.2. The highest BCUT2D eigenvalue weighted by Crippen LogP contribution is 2.32. The summed E-state index contributed by atoms with van der Waals surface area (Å²) in [6, 6.07) is 16.7. The third-order valence-electron chi connectivity index (χ3n) is 4.76. The van der Waals surface area contributed by atoms with Crippen LogP contribution in [0.15, 0.2) is 59.6 Å². The highest BCUT2D eigenvalue weighted by atomic mass is 32.2. The van der Waals surface area contributed by atoms with Gasteiger partial charge in [-0.05, 0) is 30.5 Å². The number of amides is 1. The second-order valence-corrected chi connectivity index (χ2v) is 7.43. The minimum atomic E-state index is 0.197. The summed E-state index contributed by atoms with van der Waals surface area (Å²) < 4.78 is 2.30. The number of aryl methyl sites for hydroxylation is 1. The van der Waals surface area contributed by atoms with Crippen LogP contribution in [0.1, 0.15) is 18.9 Å². The SMILES string of the molecule is CCCn1cc(SCC(=O)N2CCc3ccccc32)c2ccccc21. The smallest absolute Gasteiger partial charge is 0.237 e. The van der Waals surface area contributed by atoms with E-state index in [9.17, 15) is 4.79 Å². The molecule has 1 aliphatic heterocycles. The van der Waals surface area contributed by atoms with E-state index in [1.807, 2.05) is 17.0 Å². The van der Waals surface area contributed by atoms with Crippen LogP contribution in [-0.4, -0.2) is 22.8 Å². The van der Waals surface area contributed by atoms with Crippen LogP contribution in [0.3, 0.4) is 0 Å². The lowest BCUT2D eigenvalue weighted by Gasteiger charge is -2.16. The Bertz CT molecular complexity index is 915. The first-order valence-electron chi connectivity index (χ1n) is 8.87. The number of nitrogens with zero attached hydrogens (tertiary/aromatic N) is 2. The molecule has 128 valence electrons. The van der Waals surface area contributed by atoms with E-state index in [0.29, 0.717) is 5.75 Å². The molecule has 4 rings (SSSR count). The second kappa shape index (κ2) is 6.96. The Morgan fingerprint density at radius 2 is 1.92 bits per heavy atom. The van der Waals surface area contributed by atoms with Crippen molar-refractivity contribution in [3.63, 3.8) is 0 Å². The predicted molar refractivity (Wildman–Crippen MR) is 105 cm³/mol. The van der Waals surface area contributed by atoms with Gasteiger partial charge in [0.1, 0.15) is 0 Å². The summed E-state index contributed by atoms with van der Waals surface area (Å²) in [5.41, 5.74) is 3.62. The van der Waals surface area contributed by atoms with Gasteiger partial charge >= 0.3 is 0 Å². The average molecular weight is 350 g/mol. The number of anilines is 1. The quantitative estimate of drug-likeness (QED) is 0.621. The topological polar surface area (TPSA) is 25.2 Å². The molecule has 2 aromatic carbocycles. The van der Waals surface area contributed by atoms with E-state index in [1.165, 1.54) is 21.4 Å². The van der Waals surface area contributed by atoms with Gasteiger partial charge in [0, 0.05) is 40.8 Å². The molecule has 1 amide bonds. The Morgan fingerprint density at radius 1 is 1.12 bits per heavy atom. The second-order valence-electron chi connectivity index (χ2n) is 6.42. The van der Waals surface area contributed by atoms with Crippen molar-refractivity contribution >= 4 is 34.3 Å². The normalized spacial score (nSPS) is 13.4. The zero-order valence-electron chi connectivity index (χ0n) is 14.4. The fourth-order valence-corrected chi connectivity index (χ4v) is 4.53. The van der Waals surface area contributed by atoms with Gasteiger partial charge in [0.25, 0.3) is 0 Å². The fraction of sp³-hybridized carbons (Fsp3) is 0.286. The molecule has 0 N–H and O–H groups in total. The van der Waals surface area contributed by atoms with Crippen molar-refractivity contribution in [2.24, 2.45) is 0 Å². The molecular weight excluding hydrogens is 328 g/mol. The summed E-state index contributed by atoms with van der Waals surface area (Å²) in [5.74, 6) is 0.677. The van der Waals surface area contributed by atoms with E-state index in [1.54, 1.807) is 11.8 Å².